The first-order valence-corrected chi connectivity index (χ1v) is 9.88. The first kappa shape index (κ1) is 19.7. The summed E-state index contributed by atoms with van der Waals surface area (Å²) in [6.07, 6.45) is 0. The monoisotopic (exact) mass is 401 g/mol. The molecule has 0 aliphatic heterocycles. The van der Waals surface area contributed by atoms with Crippen molar-refractivity contribution < 1.29 is 13.9 Å². The highest BCUT2D eigenvalue weighted by molar-refractivity contribution is 5.87. The molecule has 0 fully saturated rings. The smallest absolute Gasteiger partial charge is 0.336 e. The number of amides is 1. The van der Waals surface area contributed by atoms with E-state index in [1.54, 1.807) is 6.07 Å². The summed E-state index contributed by atoms with van der Waals surface area (Å²) in [6.45, 7) is 5.51. The van der Waals surface area contributed by atoms with Crippen LogP contribution in [-0.4, -0.2) is 12.5 Å². The summed E-state index contributed by atoms with van der Waals surface area (Å²) >= 11 is 0. The van der Waals surface area contributed by atoms with Crippen LogP contribution in [0.3, 0.4) is 0 Å². The molecule has 1 amide bonds. The van der Waals surface area contributed by atoms with Gasteiger partial charge in [-0.15, -0.1) is 0 Å². The molecule has 1 N–H and O–H groups in total. The fraction of sp³-hybridized carbons (Fsp3) is 0.200. The molecule has 3 aromatic carbocycles. The van der Waals surface area contributed by atoms with Gasteiger partial charge in [-0.1, -0.05) is 42.5 Å². The fourth-order valence-corrected chi connectivity index (χ4v) is 3.79. The highest BCUT2D eigenvalue weighted by atomic mass is 16.5. The maximum absolute atomic E-state index is 12.5. The van der Waals surface area contributed by atoms with Gasteiger partial charge in [0.05, 0.1) is 6.04 Å². The number of carbonyl (C=O) groups excluding carboxylic acids is 1. The van der Waals surface area contributed by atoms with E-state index in [-0.39, 0.29) is 18.6 Å². The molecule has 0 radical (unpaired) electrons. The minimum Gasteiger partial charge on any atom is -0.483 e. The summed E-state index contributed by atoms with van der Waals surface area (Å²) in [6, 6.07) is 19.1. The number of benzene rings is 3. The Morgan fingerprint density at radius 1 is 1.03 bits per heavy atom. The lowest BCUT2D eigenvalue weighted by Gasteiger charge is -2.17. The quantitative estimate of drug-likeness (QED) is 0.487. The highest BCUT2D eigenvalue weighted by Gasteiger charge is 2.15. The number of rotatable bonds is 5. The molecule has 5 heteroatoms. The van der Waals surface area contributed by atoms with Crippen molar-refractivity contribution in [1.29, 1.82) is 0 Å². The van der Waals surface area contributed by atoms with E-state index in [2.05, 4.69) is 23.5 Å². The molecular weight excluding hydrogens is 378 g/mol. The second kappa shape index (κ2) is 8.03. The number of nitrogens with one attached hydrogen (secondary N) is 1. The first-order chi connectivity index (χ1) is 14.4. The van der Waals surface area contributed by atoms with Crippen molar-refractivity contribution in [1.82, 2.24) is 5.32 Å². The molecule has 0 bridgehead atoms. The molecule has 4 rings (SSSR count). The van der Waals surface area contributed by atoms with Gasteiger partial charge in [-0.2, -0.15) is 0 Å². The van der Waals surface area contributed by atoms with E-state index in [0.717, 1.165) is 27.3 Å². The molecule has 1 heterocycles. The van der Waals surface area contributed by atoms with Crippen molar-refractivity contribution >= 4 is 27.6 Å². The SMILES string of the molecule is Cc1cc(=O)oc2c(C)c(OCC(=O)N[C@H](C)c3cccc4ccccc34)ccc12. The Balaban J connectivity index is 1.48. The predicted octanol–water partition coefficient (Wildman–Crippen LogP) is 4.82. The molecule has 1 atom stereocenters. The van der Waals surface area contributed by atoms with Gasteiger partial charge >= 0.3 is 5.63 Å². The Morgan fingerprint density at radius 2 is 1.80 bits per heavy atom. The van der Waals surface area contributed by atoms with Crippen molar-refractivity contribution in [3.8, 4) is 5.75 Å². The lowest BCUT2D eigenvalue weighted by Crippen LogP contribution is -2.31. The van der Waals surface area contributed by atoms with Gasteiger partial charge < -0.3 is 14.5 Å². The Kier molecular flexibility index (Phi) is 5.27. The second-order valence-corrected chi connectivity index (χ2v) is 7.46. The summed E-state index contributed by atoms with van der Waals surface area (Å²) in [7, 11) is 0. The average molecular weight is 401 g/mol. The molecule has 1 aromatic heterocycles. The van der Waals surface area contributed by atoms with Crippen LogP contribution in [0.25, 0.3) is 21.7 Å². The van der Waals surface area contributed by atoms with Crippen LogP contribution in [0.4, 0.5) is 0 Å². The van der Waals surface area contributed by atoms with Gasteiger partial charge in [0, 0.05) is 17.0 Å². The van der Waals surface area contributed by atoms with Crippen LogP contribution < -0.4 is 15.7 Å². The molecule has 4 aromatic rings. The van der Waals surface area contributed by atoms with Crippen LogP contribution in [0.5, 0.6) is 5.75 Å². The summed E-state index contributed by atoms with van der Waals surface area (Å²) in [4.78, 5) is 24.2. The van der Waals surface area contributed by atoms with E-state index in [1.807, 2.05) is 51.1 Å². The summed E-state index contributed by atoms with van der Waals surface area (Å²) < 4.78 is 11.1. The topological polar surface area (TPSA) is 68.5 Å². The van der Waals surface area contributed by atoms with Crippen molar-refractivity contribution in [3.63, 3.8) is 0 Å². The minimum absolute atomic E-state index is 0.127. The van der Waals surface area contributed by atoms with Gasteiger partial charge in [-0.05, 0) is 54.8 Å². The van der Waals surface area contributed by atoms with Crippen molar-refractivity contribution in [2.24, 2.45) is 0 Å². The third-order valence-corrected chi connectivity index (χ3v) is 5.34. The van der Waals surface area contributed by atoms with Gasteiger partial charge in [-0.3, -0.25) is 4.79 Å². The van der Waals surface area contributed by atoms with Gasteiger partial charge in [0.1, 0.15) is 11.3 Å². The van der Waals surface area contributed by atoms with Gasteiger partial charge in [0.2, 0.25) is 0 Å². The zero-order valence-corrected chi connectivity index (χ0v) is 17.2. The van der Waals surface area contributed by atoms with Gasteiger partial charge in [0.25, 0.3) is 5.91 Å². The molecule has 152 valence electrons. The molecular formula is C25H23NO4. The molecule has 0 aliphatic carbocycles. The Morgan fingerprint density at radius 3 is 2.63 bits per heavy atom. The zero-order chi connectivity index (χ0) is 21.3. The average Bonchev–Trinajstić information content (AvgIpc) is 2.73. The molecule has 0 spiro atoms. The van der Waals surface area contributed by atoms with Crippen LogP contribution >= 0.6 is 0 Å². The number of fused-ring (bicyclic) bond motifs is 2. The van der Waals surface area contributed by atoms with E-state index in [4.69, 9.17) is 9.15 Å². The van der Waals surface area contributed by atoms with E-state index >= 15 is 0 Å². The number of hydrogen-bond acceptors (Lipinski definition) is 4. The Bertz CT molecular complexity index is 1300. The van der Waals surface area contributed by atoms with Gasteiger partial charge in [-0.25, -0.2) is 4.79 Å². The summed E-state index contributed by atoms with van der Waals surface area (Å²) in [5, 5.41) is 6.10. The molecule has 30 heavy (non-hydrogen) atoms. The standard InChI is InChI=1S/C25H23NO4/c1-15-13-24(28)30-25-16(2)22(12-11-19(15)25)29-14-23(27)26-17(3)20-10-6-8-18-7-4-5-9-21(18)20/h4-13,17H,14H2,1-3H3,(H,26,27)/t17-/m1/s1. The minimum atomic E-state index is -0.401. The highest BCUT2D eigenvalue weighted by Crippen LogP contribution is 2.28. The van der Waals surface area contributed by atoms with Crippen molar-refractivity contribution in [3.05, 3.63) is 87.8 Å². The first-order valence-electron chi connectivity index (χ1n) is 9.88. The Hall–Kier alpha value is -3.60. The van der Waals surface area contributed by atoms with Crippen LogP contribution in [0.1, 0.15) is 29.7 Å². The maximum atomic E-state index is 12.5. The van der Waals surface area contributed by atoms with E-state index in [9.17, 15) is 9.59 Å². The molecule has 0 saturated carbocycles. The molecule has 0 unspecified atom stereocenters. The van der Waals surface area contributed by atoms with Gasteiger partial charge in [0.15, 0.2) is 6.61 Å². The predicted molar refractivity (Wildman–Crippen MR) is 118 cm³/mol. The van der Waals surface area contributed by atoms with Crippen molar-refractivity contribution in [2.75, 3.05) is 6.61 Å². The van der Waals surface area contributed by atoms with Crippen molar-refractivity contribution in [2.45, 2.75) is 26.8 Å². The van der Waals surface area contributed by atoms with Crippen LogP contribution in [0.15, 0.2) is 69.9 Å². The normalized spacial score (nSPS) is 12.1. The summed E-state index contributed by atoms with van der Waals surface area (Å²) in [5.41, 5.74) is 2.69. The number of hydrogen-bond donors (Lipinski definition) is 1. The zero-order valence-electron chi connectivity index (χ0n) is 17.2. The second-order valence-electron chi connectivity index (χ2n) is 7.46. The maximum Gasteiger partial charge on any atom is 0.336 e. The number of ether oxygens (including phenoxy) is 1. The fourth-order valence-electron chi connectivity index (χ4n) is 3.79. The lowest BCUT2D eigenvalue weighted by atomic mass is 10.00. The third kappa shape index (κ3) is 3.79. The summed E-state index contributed by atoms with van der Waals surface area (Å²) in [5.74, 6) is 0.296. The largest absolute Gasteiger partial charge is 0.483 e. The van der Waals surface area contributed by atoms with Crippen LogP contribution in [0.2, 0.25) is 0 Å². The van der Waals surface area contributed by atoms with E-state index in [1.165, 1.54) is 6.07 Å². The number of carbonyl (C=O) groups is 1. The number of aryl methyl sites for hydroxylation is 2. The Labute approximate surface area is 174 Å². The molecule has 0 saturated heterocycles. The van der Waals surface area contributed by atoms with E-state index in [0.29, 0.717) is 16.9 Å². The lowest BCUT2D eigenvalue weighted by molar-refractivity contribution is -0.123. The van der Waals surface area contributed by atoms with Crippen LogP contribution in [0, 0.1) is 13.8 Å². The van der Waals surface area contributed by atoms with E-state index < -0.39 is 5.63 Å². The van der Waals surface area contributed by atoms with Crippen LogP contribution in [-0.2, 0) is 4.79 Å². The molecule has 0 aliphatic rings. The molecule has 5 nitrogen and oxygen atoms in total. The third-order valence-electron chi connectivity index (χ3n) is 5.34.